The summed E-state index contributed by atoms with van der Waals surface area (Å²) < 4.78 is 8.99. The second-order valence-corrected chi connectivity index (χ2v) is 4.25. The van der Waals surface area contributed by atoms with Crippen molar-refractivity contribution in [3.05, 3.63) is 59.9 Å². The molecule has 0 bridgehead atoms. The van der Waals surface area contributed by atoms with E-state index in [0.717, 1.165) is 6.08 Å². The third kappa shape index (κ3) is 3.76. The lowest BCUT2D eigenvalue weighted by Gasteiger charge is -2.09. The van der Waals surface area contributed by atoms with E-state index in [1.54, 1.807) is 0 Å². The Balaban J connectivity index is 3.08. The lowest BCUT2D eigenvalue weighted by atomic mass is 10.0. The summed E-state index contributed by atoms with van der Waals surface area (Å²) in [5.74, 6) is -1.94. The smallest absolute Gasteiger partial charge is 0.337 e. The van der Waals surface area contributed by atoms with Crippen molar-refractivity contribution in [1.29, 1.82) is 0 Å². The van der Waals surface area contributed by atoms with Gasteiger partial charge in [0.05, 0.1) is 25.4 Å². The highest BCUT2D eigenvalue weighted by molar-refractivity contribution is 5.93. The minimum Gasteiger partial charge on any atom is -0.507 e. The second kappa shape index (κ2) is 7.12. The third-order valence-electron chi connectivity index (χ3n) is 2.81. The van der Waals surface area contributed by atoms with Gasteiger partial charge in [-0.25, -0.2) is 9.59 Å². The molecule has 0 aliphatic rings. The first-order chi connectivity index (χ1) is 10.3. The van der Waals surface area contributed by atoms with Crippen molar-refractivity contribution < 1.29 is 29.3 Å². The highest BCUT2D eigenvalue weighted by Gasteiger charge is 2.14. The van der Waals surface area contributed by atoms with E-state index in [0.29, 0.717) is 0 Å². The summed E-state index contributed by atoms with van der Waals surface area (Å²) in [5.41, 5.74) is 0.323. The molecule has 0 radical (unpaired) electrons. The van der Waals surface area contributed by atoms with Crippen molar-refractivity contribution in [3.8, 4) is 5.75 Å². The Morgan fingerprint density at radius 3 is 2.32 bits per heavy atom. The molecular weight excluding hydrogens is 288 g/mol. The maximum atomic E-state index is 11.4. The maximum absolute atomic E-state index is 11.4. The Kier molecular flexibility index (Phi) is 5.51. The predicted molar refractivity (Wildman–Crippen MR) is 80.3 cm³/mol. The molecular formula is C16H16O6. The van der Waals surface area contributed by atoms with Crippen LogP contribution in [-0.2, 0) is 14.3 Å². The van der Waals surface area contributed by atoms with E-state index in [1.165, 1.54) is 32.4 Å². The number of hydrogen-bond donors (Lipinski definition) is 2. The highest BCUT2D eigenvalue weighted by atomic mass is 16.5. The molecule has 0 unspecified atom stereocenters. The van der Waals surface area contributed by atoms with Gasteiger partial charge < -0.3 is 19.7 Å². The van der Waals surface area contributed by atoms with Crippen LogP contribution in [0, 0.1) is 0 Å². The van der Waals surface area contributed by atoms with Crippen molar-refractivity contribution in [2.75, 3.05) is 14.2 Å². The first-order valence-corrected chi connectivity index (χ1v) is 6.10. The molecule has 0 aliphatic carbocycles. The molecule has 1 aromatic carbocycles. The molecule has 0 amide bonds. The van der Waals surface area contributed by atoms with Crippen molar-refractivity contribution in [2.24, 2.45) is 0 Å². The molecule has 116 valence electrons. The number of carbonyl (C=O) groups excluding carboxylic acids is 2. The summed E-state index contributed by atoms with van der Waals surface area (Å²) in [4.78, 5) is 22.6. The molecule has 2 N–H and O–H groups in total. The number of allylic oxidation sites excluding steroid dienone is 1. The van der Waals surface area contributed by atoms with Gasteiger partial charge in [-0.05, 0) is 24.3 Å². The summed E-state index contributed by atoms with van der Waals surface area (Å²) in [7, 11) is 2.41. The topological polar surface area (TPSA) is 93.1 Å². The number of aliphatic hydroxyl groups excluding tert-OH is 1. The normalized spacial score (nSPS) is 10.7. The van der Waals surface area contributed by atoms with Crippen molar-refractivity contribution in [1.82, 2.24) is 0 Å². The number of aliphatic hydroxyl groups is 1. The van der Waals surface area contributed by atoms with Crippen LogP contribution in [0.2, 0.25) is 0 Å². The van der Waals surface area contributed by atoms with Gasteiger partial charge in [-0.15, -0.1) is 0 Å². The fraction of sp³-hybridized carbons (Fsp3) is 0.125. The number of phenolic OH excluding ortho intramolecular Hbond substituents is 1. The van der Waals surface area contributed by atoms with Gasteiger partial charge in [0.15, 0.2) is 0 Å². The molecule has 0 saturated carbocycles. The number of methoxy groups -OCH3 is 2. The van der Waals surface area contributed by atoms with Crippen LogP contribution in [0.3, 0.4) is 0 Å². The molecule has 1 rings (SSSR count). The van der Waals surface area contributed by atoms with Crippen LogP contribution >= 0.6 is 0 Å². The van der Waals surface area contributed by atoms with Gasteiger partial charge in [0, 0.05) is 11.1 Å². The number of benzene rings is 1. The van der Waals surface area contributed by atoms with Crippen LogP contribution in [-0.4, -0.2) is 36.4 Å². The maximum Gasteiger partial charge on any atom is 0.337 e. The SMILES string of the molecule is C=C(/C=C(/O)C(=C)c1ccc(C(=O)OC)cc1O)C(=O)OC. The van der Waals surface area contributed by atoms with Gasteiger partial charge in [0.2, 0.25) is 0 Å². The number of rotatable bonds is 5. The number of aromatic hydroxyl groups is 1. The Morgan fingerprint density at radius 2 is 1.82 bits per heavy atom. The van der Waals surface area contributed by atoms with Crippen LogP contribution < -0.4 is 0 Å². The monoisotopic (exact) mass is 304 g/mol. The van der Waals surface area contributed by atoms with E-state index >= 15 is 0 Å². The van der Waals surface area contributed by atoms with E-state index in [2.05, 4.69) is 22.6 Å². The predicted octanol–water partition coefficient (Wildman–Crippen LogP) is 2.36. The average molecular weight is 304 g/mol. The molecule has 0 spiro atoms. The second-order valence-electron chi connectivity index (χ2n) is 4.25. The average Bonchev–Trinajstić information content (AvgIpc) is 2.52. The molecule has 0 aliphatic heterocycles. The zero-order chi connectivity index (χ0) is 16.9. The third-order valence-corrected chi connectivity index (χ3v) is 2.81. The fourth-order valence-corrected chi connectivity index (χ4v) is 1.61. The van der Waals surface area contributed by atoms with Crippen molar-refractivity contribution >= 4 is 17.5 Å². The first kappa shape index (κ1) is 17.0. The standard InChI is InChI=1S/C16H16O6/c1-9(15(19)21-3)7-13(17)10(2)12-6-5-11(8-14(12)18)16(20)22-4/h5-8,17-18H,1-2H2,3-4H3/b13-7+. The fourth-order valence-electron chi connectivity index (χ4n) is 1.61. The van der Waals surface area contributed by atoms with E-state index in [-0.39, 0.29) is 33.8 Å². The molecule has 0 heterocycles. The van der Waals surface area contributed by atoms with Crippen LogP contribution in [0.15, 0.2) is 48.8 Å². The van der Waals surface area contributed by atoms with Gasteiger partial charge in [-0.2, -0.15) is 0 Å². The molecule has 6 nitrogen and oxygen atoms in total. The Hall–Kier alpha value is -3.02. The summed E-state index contributed by atoms with van der Waals surface area (Å²) in [6, 6.07) is 4.00. The summed E-state index contributed by atoms with van der Waals surface area (Å²) in [6.07, 6.45) is 1.07. The lowest BCUT2D eigenvalue weighted by molar-refractivity contribution is -0.135. The van der Waals surface area contributed by atoms with Gasteiger partial charge >= 0.3 is 11.9 Å². The van der Waals surface area contributed by atoms with Crippen LogP contribution in [0.25, 0.3) is 5.57 Å². The van der Waals surface area contributed by atoms with Gasteiger partial charge in [-0.3, -0.25) is 0 Å². The quantitative estimate of drug-likeness (QED) is 0.375. The summed E-state index contributed by atoms with van der Waals surface area (Å²) in [6.45, 7) is 7.07. The molecule has 1 aromatic rings. The van der Waals surface area contributed by atoms with Crippen molar-refractivity contribution in [2.45, 2.75) is 0 Å². The van der Waals surface area contributed by atoms with Gasteiger partial charge in [-0.1, -0.05) is 13.2 Å². The summed E-state index contributed by atoms with van der Waals surface area (Å²) >= 11 is 0. The van der Waals surface area contributed by atoms with E-state index in [4.69, 9.17) is 0 Å². The summed E-state index contributed by atoms with van der Waals surface area (Å²) in [5, 5.41) is 19.8. The molecule has 0 atom stereocenters. The largest absolute Gasteiger partial charge is 0.507 e. The first-order valence-electron chi connectivity index (χ1n) is 6.10. The molecule has 0 aromatic heterocycles. The molecule has 22 heavy (non-hydrogen) atoms. The Bertz CT molecular complexity index is 669. The van der Waals surface area contributed by atoms with Gasteiger partial charge in [0.25, 0.3) is 0 Å². The molecule has 6 heteroatoms. The minimum atomic E-state index is -0.704. The van der Waals surface area contributed by atoms with E-state index < -0.39 is 11.9 Å². The van der Waals surface area contributed by atoms with Gasteiger partial charge in [0.1, 0.15) is 11.5 Å². The highest BCUT2D eigenvalue weighted by Crippen LogP contribution is 2.29. The van der Waals surface area contributed by atoms with E-state index in [9.17, 15) is 19.8 Å². The molecule has 0 fully saturated rings. The minimum absolute atomic E-state index is 0.0546. The Labute approximate surface area is 127 Å². The van der Waals surface area contributed by atoms with Crippen LogP contribution in [0.1, 0.15) is 15.9 Å². The number of phenols is 1. The van der Waals surface area contributed by atoms with Crippen LogP contribution in [0.5, 0.6) is 5.75 Å². The van der Waals surface area contributed by atoms with Crippen molar-refractivity contribution in [3.63, 3.8) is 0 Å². The zero-order valence-corrected chi connectivity index (χ0v) is 12.3. The van der Waals surface area contributed by atoms with Crippen LogP contribution in [0.4, 0.5) is 0 Å². The molecule has 0 saturated heterocycles. The number of ether oxygens (including phenoxy) is 2. The Morgan fingerprint density at radius 1 is 1.18 bits per heavy atom. The number of carbonyl (C=O) groups is 2. The zero-order valence-electron chi connectivity index (χ0n) is 12.3. The lowest BCUT2D eigenvalue weighted by Crippen LogP contribution is -2.03. The number of esters is 2. The number of hydrogen-bond acceptors (Lipinski definition) is 6. The van der Waals surface area contributed by atoms with E-state index in [1.807, 2.05) is 0 Å².